The number of aromatic nitrogens is 1. The topological polar surface area (TPSA) is 8.17 Å². The normalized spacial score (nSPS) is 12.9. The van der Waals surface area contributed by atoms with Gasteiger partial charge < -0.3 is 9.47 Å². The summed E-state index contributed by atoms with van der Waals surface area (Å²) in [6, 6.07) is 55.5. The van der Waals surface area contributed by atoms with Crippen molar-refractivity contribution in [2.24, 2.45) is 0 Å². The van der Waals surface area contributed by atoms with Crippen LogP contribution in [-0.2, 0) is 0 Å². The number of hydrogen-bond donors (Lipinski definition) is 0. The first kappa shape index (κ1) is 24.2. The molecule has 2 nitrogen and oxygen atoms in total. The van der Waals surface area contributed by atoms with Crippen LogP contribution in [0.1, 0.15) is 0 Å². The van der Waals surface area contributed by atoms with Gasteiger partial charge in [0.15, 0.2) is 0 Å². The van der Waals surface area contributed by atoms with E-state index in [1.54, 1.807) is 0 Å². The largest absolute Gasteiger partial charge is 0.310 e. The molecule has 0 aliphatic carbocycles. The minimum absolute atomic E-state index is 0.126. The average Bonchev–Trinajstić information content (AvgIpc) is 3.65. The van der Waals surface area contributed by atoms with Gasteiger partial charge in [-0.05, 0) is 52.4 Å². The van der Waals surface area contributed by atoms with Gasteiger partial charge in [0.2, 0.25) is 0 Å². The fourth-order valence-corrected chi connectivity index (χ4v) is 9.11. The van der Waals surface area contributed by atoms with Crippen molar-refractivity contribution in [3.05, 3.63) is 152 Å². The van der Waals surface area contributed by atoms with E-state index >= 15 is 0 Å². The van der Waals surface area contributed by atoms with E-state index in [0.29, 0.717) is 0 Å². The maximum absolute atomic E-state index is 2.53. The molecule has 0 radical (unpaired) electrons. The fraction of sp³-hybridized carbons (Fsp3) is 0. The Bertz CT molecular complexity index is 2390. The summed E-state index contributed by atoms with van der Waals surface area (Å²) in [7, 11) is 0. The molecule has 6 aromatic carbocycles. The Kier molecular flexibility index (Phi) is 4.99. The number of fused-ring (bicyclic) bond motifs is 7. The standard InChI is InChI=1S/C40H25BN2S/c1-4-14-26(15-5-1)35-38-40(44-39(35)27-16-6-2-7-17-27)41-31-22-12-21-30-29-20-10-11-23-32(29)43(37(30)31)34-25-13-24-33(36(34)41)42(38)28-18-8-3-9-19-28/h1-25H. The van der Waals surface area contributed by atoms with E-state index in [9.17, 15) is 0 Å². The predicted octanol–water partition coefficient (Wildman–Crippen LogP) is 8.79. The molecule has 2 aliphatic heterocycles. The molecule has 0 saturated carbocycles. The van der Waals surface area contributed by atoms with Crippen molar-refractivity contribution in [2.45, 2.75) is 0 Å². The summed E-state index contributed by atoms with van der Waals surface area (Å²) in [4.78, 5) is 3.85. The molecule has 0 bridgehead atoms. The van der Waals surface area contributed by atoms with Crippen LogP contribution in [0.2, 0.25) is 0 Å². The van der Waals surface area contributed by atoms with E-state index in [-0.39, 0.29) is 6.71 Å². The second-order valence-electron chi connectivity index (χ2n) is 11.7. The Morgan fingerprint density at radius 1 is 0.523 bits per heavy atom. The van der Waals surface area contributed by atoms with Crippen LogP contribution < -0.4 is 20.6 Å². The number of rotatable bonds is 3. The van der Waals surface area contributed by atoms with Crippen molar-refractivity contribution >= 4 is 72.6 Å². The van der Waals surface area contributed by atoms with Gasteiger partial charge in [-0.2, -0.15) is 0 Å². The Morgan fingerprint density at radius 2 is 1.16 bits per heavy atom. The monoisotopic (exact) mass is 576 g/mol. The summed E-state index contributed by atoms with van der Waals surface area (Å²) in [5.74, 6) is 0. The van der Waals surface area contributed by atoms with Crippen LogP contribution >= 0.6 is 11.3 Å². The van der Waals surface area contributed by atoms with Crippen LogP contribution in [-0.4, -0.2) is 11.3 Å². The number of benzene rings is 6. The van der Waals surface area contributed by atoms with Gasteiger partial charge in [0, 0.05) is 48.6 Å². The zero-order chi connectivity index (χ0) is 28.8. The first-order chi connectivity index (χ1) is 21.9. The number of para-hydroxylation sites is 3. The highest BCUT2D eigenvalue weighted by Crippen LogP contribution is 2.50. The molecule has 2 aromatic heterocycles. The summed E-state index contributed by atoms with van der Waals surface area (Å²) < 4.78 is 3.92. The third-order valence-corrected chi connectivity index (χ3v) is 10.7. The maximum Gasteiger partial charge on any atom is 0.264 e. The Labute approximate surface area is 260 Å². The lowest BCUT2D eigenvalue weighted by molar-refractivity contribution is 1.18. The Balaban J connectivity index is 1.40. The van der Waals surface area contributed by atoms with Crippen molar-refractivity contribution in [1.29, 1.82) is 0 Å². The summed E-state index contributed by atoms with van der Waals surface area (Å²) >= 11 is 1.96. The van der Waals surface area contributed by atoms with Gasteiger partial charge in [-0.1, -0.05) is 121 Å². The molecule has 0 fully saturated rings. The Hall–Kier alpha value is -5.32. The molecule has 0 amide bonds. The smallest absolute Gasteiger partial charge is 0.264 e. The van der Waals surface area contributed by atoms with Gasteiger partial charge in [0.25, 0.3) is 6.71 Å². The van der Waals surface area contributed by atoms with E-state index < -0.39 is 0 Å². The quantitative estimate of drug-likeness (QED) is 0.191. The van der Waals surface area contributed by atoms with Crippen molar-refractivity contribution in [2.75, 3.05) is 4.90 Å². The van der Waals surface area contributed by atoms with E-state index in [1.807, 2.05) is 11.3 Å². The second kappa shape index (κ2) is 9.09. The van der Waals surface area contributed by atoms with Crippen LogP contribution in [0.5, 0.6) is 0 Å². The van der Waals surface area contributed by atoms with Gasteiger partial charge in [-0.25, -0.2) is 0 Å². The summed E-state index contributed by atoms with van der Waals surface area (Å²) in [5, 5.41) is 2.63. The van der Waals surface area contributed by atoms with Gasteiger partial charge in [-0.15, -0.1) is 11.3 Å². The summed E-state index contributed by atoms with van der Waals surface area (Å²) in [6.07, 6.45) is 0. The molecule has 4 heterocycles. The first-order valence-electron chi connectivity index (χ1n) is 15.2. The van der Waals surface area contributed by atoms with Crippen molar-refractivity contribution in [3.63, 3.8) is 0 Å². The second-order valence-corrected chi connectivity index (χ2v) is 12.7. The molecule has 0 N–H and O–H groups in total. The summed E-state index contributed by atoms with van der Waals surface area (Å²) in [6.45, 7) is 0.126. The third-order valence-electron chi connectivity index (χ3n) is 9.38. The maximum atomic E-state index is 2.53. The van der Waals surface area contributed by atoms with Gasteiger partial charge in [-0.3, -0.25) is 0 Å². The van der Waals surface area contributed by atoms with Crippen LogP contribution in [0.25, 0.3) is 49.1 Å². The number of nitrogens with zero attached hydrogens (tertiary/aromatic N) is 2. The van der Waals surface area contributed by atoms with Gasteiger partial charge in [0.1, 0.15) is 0 Å². The molecule has 4 heteroatoms. The number of thiophene rings is 1. The van der Waals surface area contributed by atoms with E-state index in [1.165, 1.54) is 81.8 Å². The zero-order valence-electron chi connectivity index (χ0n) is 23.8. The molecule has 0 spiro atoms. The highest BCUT2D eigenvalue weighted by atomic mass is 32.1. The highest BCUT2D eigenvalue weighted by molar-refractivity contribution is 7.31. The van der Waals surface area contributed by atoms with Gasteiger partial charge >= 0.3 is 0 Å². The Morgan fingerprint density at radius 3 is 1.95 bits per heavy atom. The highest BCUT2D eigenvalue weighted by Gasteiger charge is 2.44. The van der Waals surface area contributed by atoms with Crippen LogP contribution in [0.3, 0.4) is 0 Å². The predicted molar refractivity (Wildman–Crippen MR) is 189 cm³/mol. The molecule has 0 saturated heterocycles. The van der Waals surface area contributed by atoms with Crippen LogP contribution in [0, 0.1) is 0 Å². The fourth-order valence-electron chi connectivity index (χ4n) is 7.67. The van der Waals surface area contributed by atoms with E-state index in [4.69, 9.17) is 0 Å². The molecule has 2 aliphatic rings. The van der Waals surface area contributed by atoms with Crippen LogP contribution in [0.15, 0.2) is 152 Å². The lowest BCUT2D eigenvalue weighted by Gasteiger charge is -2.39. The molecule has 204 valence electrons. The third kappa shape index (κ3) is 3.15. The minimum Gasteiger partial charge on any atom is -0.310 e. The lowest BCUT2D eigenvalue weighted by atomic mass is 9.36. The molecule has 8 aromatic rings. The van der Waals surface area contributed by atoms with Gasteiger partial charge in [0.05, 0.1) is 11.2 Å². The first-order valence-corrected chi connectivity index (χ1v) is 16.0. The number of anilines is 3. The molecular weight excluding hydrogens is 551 g/mol. The summed E-state index contributed by atoms with van der Waals surface area (Å²) in [5.41, 5.74) is 14.2. The van der Waals surface area contributed by atoms with Crippen LogP contribution in [0.4, 0.5) is 17.1 Å². The minimum atomic E-state index is 0.126. The van der Waals surface area contributed by atoms with E-state index in [0.717, 1.165) is 0 Å². The van der Waals surface area contributed by atoms with Crippen molar-refractivity contribution < 1.29 is 0 Å². The van der Waals surface area contributed by atoms with Crippen molar-refractivity contribution in [3.8, 4) is 27.3 Å². The van der Waals surface area contributed by atoms with Crippen molar-refractivity contribution in [1.82, 2.24) is 4.57 Å². The van der Waals surface area contributed by atoms with E-state index in [2.05, 4.69) is 161 Å². The molecule has 44 heavy (non-hydrogen) atoms. The molecule has 0 unspecified atom stereocenters. The SMILES string of the molecule is c1ccc(-c2sc3c(c2-c2ccccc2)N(c2ccccc2)c2cccc4c2B3c2cccc3c5ccccc5n-4c23)cc1. The lowest BCUT2D eigenvalue weighted by Crippen LogP contribution is -2.59. The average molecular weight is 577 g/mol. The molecule has 10 rings (SSSR count). The molecular formula is C40H25BN2S. The zero-order valence-corrected chi connectivity index (χ0v) is 24.6. The number of hydrogen-bond acceptors (Lipinski definition) is 2. The molecule has 0 atom stereocenters.